The van der Waals surface area contributed by atoms with Gasteiger partial charge in [-0.2, -0.15) is 5.10 Å². The van der Waals surface area contributed by atoms with Crippen molar-refractivity contribution < 1.29 is 0 Å². The van der Waals surface area contributed by atoms with Crippen molar-refractivity contribution >= 4 is 51.6 Å². The quantitative estimate of drug-likeness (QED) is 0.353. The van der Waals surface area contributed by atoms with Crippen LogP contribution in [0.4, 0.5) is 5.69 Å². The second-order valence-corrected chi connectivity index (χ2v) is 7.24. The lowest BCUT2D eigenvalue weighted by molar-refractivity contribution is 0.648. The van der Waals surface area contributed by atoms with Crippen LogP contribution in [0.5, 0.6) is 0 Å². The molecule has 1 unspecified atom stereocenters. The van der Waals surface area contributed by atoms with Gasteiger partial charge in [-0.05, 0) is 42.7 Å². The van der Waals surface area contributed by atoms with E-state index in [0.717, 1.165) is 42.9 Å². The monoisotopic (exact) mass is 532 g/mol. The molecule has 1 aliphatic rings. The summed E-state index contributed by atoms with van der Waals surface area (Å²) in [5.74, 6) is 0.867. The zero-order valence-electron chi connectivity index (χ0n) is 15.2. The highest BCUT2D eigenvalue weighted by molar-refractivity contribution is 14.0. The van der Waals surface area contributed by atoms with E-state index in [2.05, 4.69) is 65.8 Å². The first-order valence-electron chi connectivity index (χ1n) is 8.59. The molecule has 2 aromatic rings. The summed E-state index contributed by atoms with van der Waals surface area (Å²) < 4.78 is 2.95. The maximum absolute atomic E-state index is 4.35. The van der Waals surface area contributed by atoms with Gasteiger partial charge < -0.3 is 15.5 Å². The number of benzene rings is 1. The molecule has 1 atom stereocenters. The Hall–Kier alpha value is -1.29. The van der Waals surface area contributed by atoms with E-state index in [-0.39, 0.29) is 24.0 Å². The lowest BCUT2D eigenvalue weighted by Gasteiger charge is -2.20. The van der Waals surface area contributed by atoms with Gasteiger partial charge in [-0.25, -0.2) is 0 Å². The van der Waals surface area contributed by atoms with Crippen LogP contribution in [0.3, 0.4) is 0 Å². The number of rotatable bonds is 5. The van der Waals surface area contributed by atoms with Gasteiger partial charge in [0.05, 0.1) is 6.20 Å². The Labute approximate surface area is 180 Å². The van der Waals surface area contributed by atoms with Crippen LogP contribution in [0.2, 0.25) is 0 Å². The minimum absolute atomic E-state index is 0. The number of aryl methyl sites for hydroxylation is 1. The number of hydrogen-bond acceptors (Lipinski definition) is 3. The summed E-state index contributed by atoms with van der Waals surface area (Å²) in [5, 5.41) is 11.1. The van der Waals surface area contributed by atoms with Crippen LogP contribution in [-0.2, 0) is 13.5 Å². The number of nitrogens with one attached hydrogen (secondary N) is 2. The Bertz CT molecular complexity index is 715. The SMILES string of the molecule is CN=C(NCCc1cnn(C)c1)NC1CCN(c2ccc(Br)cc2)C1.I. The van der Waals surface area contributed by atoms with Crippen molar-refractivity contribution in [1.82, 2.24) is 20.4 Å². The predicted octanol–water partition coefficient (Wildman–Crippen LogP) is 2.79. The maximum Gasteiger partial charge on any atom is 0.191 e. The van der Waals surface area contributed by atoms with Crippen molar-refractivity contribution in [1.29, 1.82) is 0 Å². The fraction of sp³-hybridized carbons (Fsp3) is 0.444. The molecule has 0 amide bonds. The summed E-state index contributed by atoms with van der Waals surface area (Å²) in [6.45, 7) is 2.89. The summed E-state index contributed by atoms with van der Waals surface area (Å²) >= 11 is 3.49. The van der Waals surface area contributed by atoms with Crippen LogP contribution < -0.4 is 15.5 Å². The molecule has 26 heavy (non-hydrogen) atoms. The molecule has 0 saturated carbocycles. The Balaban J connectivity index is 0.00000243. The fourth-order valence-electron chi connectivity index (χ4n) is 3.08. The van der Waals surface area contributed by atoms with Gasteiger partial charge in [0.1, 0.15) is 0 Å². The summed E-state index contributed by atoms with van der Waals surface area (Å²) in [7, 11) is 3.76. The zero-order chi connectivity index (χ0) is 17.6. The van der Waals surface area contributed by atoms with E-state index >= 15 is 0 Å². The standard InChI is InChI=1S/C18H25BrN6.HI/c1-20-18(21-9-7-14-11-22-24(2)12-14)23-16-8-10-25(13-16)17-5-3-15(19)4-6-17;/h3-6,11-12,16H,7-10,13H2,1-2H3,(H2,20,21,23);1H. The van der Waals surface area contributed by atoms with Gasteiger partial charge in [0.2, 0.25) is 0 Å². The van der Waals surface area contributed by atoms with Crippen LogP contribution in [0.25, 0.3) is 0 Å². The molecule has 8 heteroatoms. The number of guanidine groups is 1. The Morgan fingerprint density at radius 2 is 2.12 bits per heavy atom. The van der Waals surface area contributed by atoms with Gasteiger partial charge in [-0.15, -0.1) is 24.0 Å². The Morgan fingerprint density at radius 1 is 1.35 bits per heavy atom. The first-order valence-corrected chi connectivity index (χ1v) is 9.38. The molecule has 1 aromatic heterocycles. The molecule has 142 valence electrons. The van der Waals surface area contributed by atoms with Crippen LogP contribution in [-0.4, -0.2) is 48.5 Å². The Morgan fingerprint density at radius 3 is 2.77 bits per heavy atom. The molecule has 1 aromatic carbocycles. The summed E-state index contributed by atoms with van der Waals surface area (Å²) in [5.41, 5.74) is 2.50. The van der Waals surface area contributed by atoms with Crippen molar-refractivity contribution in [2.24, 2.45) is 12.0 Å². The third-order valence-corrected chi connectivity index (χ3v) is 4.94. The number of nitrogens with zero attached hydrogens (tertiary/aromatic N) is 4. The number of aliphatic imine (C=N–C) groups is 1. The van der Waals surface area contributed by atoms with Crippen LogP contribution >= 0.6 is 39.9 Å². The van der Waals surface area contributed by atoms with Gasteiger partial charge >= 0.3 is 0 Å². The van der Waals surface area contributed by atoms with Crippen molar-refractivity contribution in [3.8, 4) is 0 Å². The molecule has 2 N–H and O–H groups in total. The first-order chi connectivity index (χ1) is 12.1. The molecule has 0 radical (unpaired) electrons. The second kappa shape index (κ2) is 10.1. The molecule has 1 aliphatic heterocycles. The molecule has 6 nitrogen and oxygen atoms in total. The van der Waals surface area contributed by atoms with Crippen molar-refractivity contribution in [3.63, 3.8) is 0 Å². The topological polar surface area (TPSA) is 57.5 Å². The first kappa shape index (κ1) is 21.0. The van der Waals surface area contributed by atoms with Crippen LogP contribution in [0.15, 0.2) is 46.1 Å². The van der Waals surface area contributed by atoms with Crippen molar-refractivity contribution in [2.75, 3.05) is 31.6 Å². The third kappa shape index (κ3) is 5.87. The number of anilines is 1. The zero-order valence-corrected chi connectivity index (χ0v) is 19.1. The minimum atomic E-state index is 0. The molecule has 1 saturated heterocycles. The normalized spacial score (nSPS) is 17.1. The van der Waals surface area contributed by atoms with E-state index in [1.54, 1.807) is 0 Å². The van der Waals surface area contributed by atoms with Gasteiger partial charge in [0, 0.05) is 56.1 Å². The smallest absolute Gasteiger partial charge is 0.191 e. The summed E-state index contributed by atoms with van der Waals surface area (Å²) in [6.07, 6.45) is 6.00. The number of halogens is 2. The van der Waals surface area contributed by atoms with E-state index in [1.165, 1.54) is 11.3 Å². The lowest BCUT2D eigenvalue weighted by Crippen LogP contribution is -2.45. The van der Waals surface area contributed by atoms with E-state index < -0.39 is 0 Å². The molecular formula is C18H26BrIN6. The lowest BCUT2D eigenvalue weighted by atomic mass is 10.2. The predicted molar refractivity (Wildman–Crippen MR) is 122 cm³/mol. The van der Waals surface area contributed by atoms with Crippen LogP contribution in [0.1, 0.15) is 12.0 Å². The maximum atomic E-state index is 4.35. The summed E-state index contributed by atoms with van der Waals surface area (Å²) in [4.78, 5) is 6.76. The third-order valence-electron chi connectivity index (χ3n) is 4.41. The van der Waals surface area contributed by atoms with E-state index in [0.29, 0.717) is 6.04 Å². The second-order valence-electron chi connectivity index (χ2n) is 6.32. The molecule has 2 heterocycles. The van der Waals surface area contributed by atoms with E-state index in [9.17, 15) is 0 Å². The molecule has 0 bridgehead atoms. The molecule has 0 aliphatic carbocycles. The van der Waals surface area contributed by atoms with Crippen molar-refractivity contribution in [3.05, 3.63) is 46.7 Å². The van der Waals surface area contributed by atoms with E-state index in [1.807, 2.05) is 31.2 Å². The average molecular weight is 533 g/mol. The van der Waals surface area contributed by atoms with Gasteiger partial charge in [-0.1, -0.05) is 15.9 Å². The Kier molecular flexibility index (Phi) is 8.20. The summed E-state index contributed by atoms with van der Waals surface area (Å²) in [6, 6.07) is 8.92. The number of hydrogen-bond donors (Lipinski definition) is 2. The van der Waals surface area contributed by atoms with Crippen molar-refractivity contribution in [2.45, 2.75) is 18.9 Å². The molecule has 1 fully saturated rings. The number of aromatic nitrogens is 2. The highest BCUT2D eigenvalue weighted by Crippen LogP contribution is 2.22. The fourth-order valence-corrected chi connectivity index (χ4v) is 3.34. The minimum Gasteiger partial charge on any atom is -0.369 e. The van der Waals surface area contributed by atoms with E-state index in [4.69, 9.17) is 0 Å². The van der Waals surface area contributed by atoms with Crippen LogP contribution in [0, 0.1) is 0 Å². The van der Waals surface area contributed by atoms with Gasteiger partial charge in [0.15, 0.2) is 5.96 Å². The molecule has 0 spiro atoms. The average Bonchev–Trinajstić information content (AvgIpc) is 3.24. The highest BCUT2D eigenvalue weighted by atomic mass is 127. The van der Waals surface area contributed by atoms with Gasteiger partial charge in [0.25, 0.3) is 0 Å². The largest absolute Gasteiger partial charge is 0.369 e. The molecule has 3 rings (SSSR count). The van der Waals surface area contributed by atoms with Gasteiger partial charge in [-0.3, -0.25) is 9.67 Å². The highest BCUT2D eigenvalue weighted by Gasteiger charge is 2.23. The molecular weight excluding hydrogens is 507 g/mol.